The minimum absolute atomic E-state index is 0.156. The van der Waals surface area contributed by atoms with Gasteiger partial charge in [0, 0.05) is 11.1 Å². The number of ketones is 2. The molecule has 4 aliphatic rings. The molecule has 0 saturated heterocycles. The van der Waals surface area contributed by atoms with Crippen LogP contribution in [0.5, 0.6) is 0 Å². The van der Waals surface area contributed by atoms with Gasteiger partial charge in [-0.1, -0.05) is 121 Å². The van der Waals surface area contributed by atoms with E-state index in [1.807, 2.05) is 62.4 Å². The second-order valence-corrected chi connectivity index (χ2v) is 13.8. The normalized spacial score (nSPS) is 15.3. The fourth-order valence-corrected chi connectivity index (χ4v) is 7.34. The van der Waals surface area contributed by atoms with E-state index in [0.717, 1.165) is 79.2 Å². The van der Waals surface area contributed by atoms with Crippen LogP contribution in [0.3, 0.4) is 0 Å². The van der Waals surface area contributed by atoms with Crippen molar-refractivity contribution in [1.82, 2.24) is 0 Å². The average Bonchev–Trinajstić information content (AvgIpc) is 3.17. The van der Waals surface area contributed by atoms with Gasteiger partial charge in [-0.2, -0.15) is 0 Å². The highest BCUT2D eigenvalue weighted by atomic mass is 16.3. The fourth-order valence-electron chi connectivity index (χ4n) is 7.34. The van der Waals surface area contributed by atoms with Crippen molar-refractivity contribution >= 4 is 35.9 Å². The lowest BCUT2D eigenvalue weighted by atomic mass is 9.91. The molecule has 0 saturated carbocycles. The van der Waals surface area contributed by atoms with Crippen LogP contribution in [-0.2, 0) is 25.7 Å². The molecule has 4 aromatic carbocycles. The Labute approximate surface area is 310 Å². The van der Waals surface area contributed by atoms with Crippen molar-refractivity contribution < 1.29 is 19.8 Å². The third-order valence-corrected chi connectivity index (χ3v) is 9.99. The molecule has 4 heteroatoms. The average molecular weight is 693 g/mol. The summed E-state index contributed by atoms with van der Waals surface area (Å²) >= 11 is 0. The third kappa shape index (κ3) is 9.70. The predicted octanol–water partition coefficient (Wildman–Crippen LogP) is 11.1. The van der Waals surface area contributed by atoms with Gasteiger partial charge in [0.05, 0.1) is 12.2 Å². The van der Waals surface area contributed by atoms with E-state index in [1.165, 1.54) is 38.9 Å². The maximum Gasteiger partial charge on any atom is 0.160 e. The Kier molecular flexibility index (Phi) is 13.7. The van der Waals surface area contributed by atoms with Crippen molar-refractivity contribution in [2.45, 2.75) is 91.3 Å². The lowest BCUT2D eigenvalue weighted by Gasteiger charge is -2.16. The molecule has 0 fully saturated rings. The van der Waals surface area contributed by atoms with Gasteiger partial charge in [0.2, 0.25) is 0 Å². The largest absolute Gasteiger partial charge is 0.389 e. The van der Waals surface area contributed by atoms with E-state index in [4.69, 9.17) is 0 Å². The number of carbonyl (C=O) groups excluding carboxylic acids is 2. The van der Waals surface area contributed by atoms with Gasteiger partial charge in [0.25, 0.3) is 0 Å². The predicted molar refractivity (Wildman–Crippen MR) is 216 cm³/mol. The standard InChI is InChI=1S/2C12H14O.2C12H12O/c4*1-9(13)11-8-4-6-10-5-2-3-7-12(10)11/h3-4,6-9,13H,2,5H2,1H3;2,4-6,8-9,13H,3,7H2,1H3;3-4,6-8H,2,5H2,1H3;2,4-6,8H,3,7H2,1H3/t2*9-;;/m00../s1. The van der Waals surface area contributed by atoms with E-state index in [0.29, 0.717) is 0 Å². The minimum atomic E-state index is -0.363. The molecule has 0 bridgehead atoms. The van der Waals surface area contributed by atoms with Crippen LogP contribution in [0.4, 0.5) is 0 Å². The molecule has 4 aromatic rings. The summed E-state index contributed by atoms with van der Waals surface area (Å²) in [5.74, 6) is 0.329. The molecule has 4 aliphatic carbocycles. The molecule has 2 atom stereocenters. The Morgan fingerprint density at radius 2 is 0.942 bits per heavy atom. The Balaban J connectivity index is 0.000000134. The number of hydrogen-bond acceptors (Lipinski definition) is 4. The summed E-state index contributed by atoms with van der Waals surface area (Å²) in [6.45, 7) is 6.90. The molecule has 0 aliphatic heterocycles. The zero-order valence-corrected chi connectivity index (χ0v) is 31.1. The van der Waals surface area contributed by atoms with Crippen LogP contribution in [0.25, 0.3) is 24.3 Å². The molecule has 0 aromatic heterocycles. The molecule has 0 unspecified atom stereocenters. The van der Waals surface area contributed by atoms with E-state index in [9.17, 15) is 19.8 Å². The quantitative estimate of drug-likeness (QED) is 0.209. The van der Waals surface area contributed by atoms with Crippen molar-refractivity contribution in [3.63, 3.8) is 0 Å². The number of Topliss-reactive ketones (excluding diaryl/α,β-unsaturated/α-hetero) is 2. The van der Waals surface area contributed by atoms with Crippen LogP contribution in [0.15, 0.2) is 97.1 Å². The highest BCUT2D eigenvalue weighted by Crippen LogP contribution is 2.28. The first-order valence-electron chi connectivity index (χ1n) is 18.7. The maximum absolute atomic E-state index is 11.3. The number of aryl methyl sites for hydroxylation is 2. The molecule has 268 valence electrons. The first-order valence-corrected chi connectivity index (χ1v) is 18.7. The van der Waals surface area contributed by atoms with Gasteiger partial charge in [-0.25, -0.2) is 0 Å². The van der Waals surface area contributed by atoms with Gasteiger partial charge >= 0.3 is 0 Å². The van der Waals surface area contributed by atoms with Crippen LogP contribution in [-0.4, -0.2) is 21.8 Å². The minimum Gasteiger partial charge on any atom is -0.389 e. The van der Waals surface area contributed by atoms with Crippen LogP contribution in [0.2, 0.25) is 0 Å². The van der Waals surface area contributed by atoms with Crippen molar-refractivity contribution in [3.05, 3.63) is 164 Å². The third-order valence-electron chi connectivity index (χ3n) is 9.99. The molecule has 0 radical (unpaired) electrons. The smallest absolute Gasteiger partial charge is 0.160 e. The number of aliphatic hydroxyl groups excluding tert-OH is 2. The zero-order chi connectivity index (χ0) is 37.0. The van der Waals surface area contributed by atoms with Gasteiger partial charge in [0.15, 0.2) is 11.6 Å². The molecular weight excluding hydrogens is 641 g/mol. The number of benzene rings is 4. The van der Waals surface area contributed by atoms with Gasteiger partial charge in [-0.3, -0.25) is 9.59 Å². The van der Waals surface area contributed by atoms with Gasteiger partial charge in [-0.05, 0) is 135 Å². The van der Waals surface area contributed by atoms with Crippen LogP contribution < -0.4 is 0 Å². The highest BCUT2D eigenvalue weighted by Gasteiger charge is 2.14. The molecule has 4 nitrogen and oxygen atoms in total. The van der Waals surface area contributed by atoms with Crippen LogP contribution >= 0.6 is 0 Å². The van der Waals surface area contributed by atoms with Crippen molar-refractivity contribution in [2.75, 3.05) is 0 Å². The molecule has 52 heavy (non-hydrogen) atoms. The summed E-state index contributed by atoms with van der Waals surface area (Å²) in [5.41, 5.74) is 13.9. The number of rotatable bonds is 4. The van der Waals surface area contributed by atoms with Crippen LogP contribution in [0.1, 0.15) is 142 Å². The van der Waals surface area contributed by atoms with Crippen molar-refractivity contribution in [1.29, 1.82) is 0 Å². The number of aliphatic hydroxyl groups is 2. The number of fused-ring (bicyclic) bond motifs is 4. The lowest BCUT2D eigenvalue weighted by molar-refractivity contribution is 0.100. The molecular formula is C48H52O4. The summed E-state index contributed by atoms with van der Waals surface area (Å²) in [7, 11) is 0. The number of hydrogen-bond donors (Lipinski definition) is 2. The Bertz CT molecular complexity index is 2000. The Hall–Kier alpha value is -4.90. The van der Waals surface area contributed by atoms with E-state index in [-0.39, 0.29) is 23.8 Å². The Morgan fingerprint density at radius 1 is 0.500 bits per heavy atom. The monoisotopic (exact) mass is 692 g/mol. The maximum atomic E-state index is 11.3. The summed E-state index contributed by atoms with van der Waals surface area (Å²) in [6.07, 6.45) is 25.0. The van der Waals surface area contributed by atoms with Crippen molar-refractivity contribution in [3.8, 4) is 0 Å². The Morgan fingerprint density at radius 3 is 1.56 bits per heavy atom. The molecule has 8 rings (SSSR count). The van der Waals surface area contributed by atoms with E-state index >= 15 is 0 Å². The second-order valence-electron chi connectivity index (χ2n) is 13.8. The van der Waals surface area contributed by atoms with E-state index in [1.54, 1.807) is 13.8 Å². The summed E-state index contributed by atoms with van der Waals surface area (Å²) in [5, 5.41) is 19.1. The number of allylic oxidation sites excluding steroid dienone is 4. The summed E-state index contributed by atoms with van der Waals surface area (Å²) in [6, 6.07) is 24.2. The van der Waals surface area contributed by atoms with Gasteiger partial charge in [-0.15, -0.1) is 0 Å². The molecule has 0 spiro atoms. The number of carbonyl (C=O) groups is 2. The van der Waals surface area contributed by atoms with E-state index < -0.39 is 0 Å². The molecule has 0 heterocycles. The van der Waals surface area contributed by atoms with Gasteiger partial charge < -0.3 is 10.2 Å². The van der Waals surface area contributed by atoms with Gasteiger partial charge in [0.1, 0.15) is 0 Å². The van der Waals surface area contributed by atoms with E-state index in [2.05, 4.69) is 72.9 Å². The zero-order valence-electron chi connectivity index (χ0n) is 31.1. The molecule has 2 N–H and O–H groups in total. The SMILES string of the molecule is CC(=O)c1cccc2c1C=CCC2.CC(=O)c1cccc2c1CCC=C2.C[C@H](O)c1cccc2c1C=CCC2.C[C@H](O)c1cccc2c1CCC=C2. The summed E-state index contributed by atoms with van der Waals surface area (Å²) in [4.78, 5) is 22.6. The highest BCUT2D eigenvalue weighted by molar-refractivity contribution is 5.98. The van der Waals surface area contributed by atoms with Crippen molar-refractivity contribution in [2.24, 2.45) is 0 Å². The summed E-state index contributed by atoms with van der Waals surface area (Å²) < 4.78 is 0. The van der Waals surface area contributed by atoms with Crippen LogP contribution in [0, 0.1) is 0 Å². The molecule has 0 amide bonds. The second kappa shape index (κ2) is 18.5. The topological polar surface area (TPSA) is 74.6 Å². The fraction of sp³-hybridized carbons (Fsp3) is 0.292. The lowest BCUT2D eigenvalue weighted by Crippen LogP contribution is -2.03. The first-order chi connectivity index (χ1) is 25.2. The first kappa shape index (κ1) is 38.3.